The average molecular weight is 331 g/mol. The number of ether oxygens (including phenoxy) is 1. The Balaban J connectivity index is 2.50. The quantitative estimate of drug-likeness (QED) is 0.753. The number of thioether (sulfide) groups is 1. The van der Waals surface area contributed by atoms with Crippen LogP contribution < -0.4 is 10.6 Å². The van der Waals surface area contributed by atoms with Crippen molar-refractivity contribution >= 4 is 35.4 Å². The molecular formula is C14H19ClN2O3S. The first-order chi connectivity index (χ1) is 10.1. The molecule has 1 aromatic carbocycles. The predicted octanol–water partition coefficient (Wildman–Crippen LogP) is 2.43. The molecular weight excluding hydrogens is 312 g/mol. The summed E-state index contributed by atoms with van der Waals surface area (Å²) < 4.78 is 4.68. The molecule has 1 unspecified atom stereocenters. The number of esters is 1. The molecule has 0 aliphatic carbocycles. The Labute approximate surface area is 133 Å². The Morgan fingerprint density at radius 2 is 2.10 bits per heavy atom. The lowest BCUT2D eigenvalue weighted by Gasteiger charge is -2.16. The molecule has 2 N–H and O–H groups in total. The van der Waals surface area contributed by atoms with Gasteiger partial charge in [0.15, 0.2) is 0 Å². The minimum absolute atomic E-state index is 0.294. The zero-order chi connectivity index (χ0) is 15.7. The van der Waals surface area contributed by atoms with Gasteiger partial charge in [0.1, 0.15) is 6.04 Å². The lowest BCUT2D eigenvalue weighted by atomic mass is 10.2. The number of amides is 2. The van der Waals surface area contributed by atoms with Gasteiger partial charge < -0.3 is 15.4 Å². The van der Waals surface area contributed by atoms with Gasteiger partial charge in [-0.2, -0.15) is 11.8 Å². The van der Waals surface area contributed by atoms with E-state index in [1.54, 1.807) is 17.8 Å². The molecule has 7 heteroatoms. The Morgan fingerprint density at radius 3 is 2.71 bits per heavy atom. The highest BCUT2D eigenvalue weighted by molar-refractivity contribution is 7.98. The molecule has 1 aromatic rings. The molecule has 1 atom stereocenters. The third kappa shape index (κ3) is 6.27. The first-order valence-corrected chi connectivity index (χ1v) is 8.20. The minimum Gasteiger partial charge on any atom is -0.467 e. The predicted molar refractivity (Wildman–Crippen MR) is 85.6 cm³/mol. The van der Waals surface area contributed by atoms with Gasteiger partial charge in [0, 0.05) is 11.6 Å². The van der Waals surface area contributed by atoms with Crippen LogP contribution in [0.2, 0.25) is 5.02 Å². The molecule has 0 aliphatic rings. The summed E-state index contributed by atoms with van der Waals surface area (Å²) in [6.07, 6.45) is 2.46. The number of nitrogens with one attached hydrogen (secondary N) is 2. The lowest BCUT2D eigenvalue weighted by Crippen LogP contribution is -2.46. The van der Waals surface area contributed by atoms with Crippen LogP contribution in [0.1, 0.15) is 12.0 Å². The van der Waals surface area contributed by atoms with Gasteiger partial charge >= 0.3 is 12.0 Å². The first kappa shape index (κ1) is 17.7. The maximum atomic E-state index is 11.8. The van der Waals surface area contributed by atoms with Crippen LogP contribution in [-0.2, 0) is 16.1 Å². The summed E-state index contributed by atoms with van der Waals surface area (Å²) in [5.74, 6) is 0.307. The van der Waals surface area contributed by atoms with Crippen LogP contribution in [-0.4, -0.2) is 37.2 Å². The lowest BCUT2D eigenvalue weighted by molar-refractivity contribution is -0.142. The SMILES string of the molecule is COC(=O)C(CCSC)NC(=O)NCc1ccccc1Cl. The molecule has 21 heavy (non-hydrogen) atoms. The van der Waals surface area contributed by atoms with E-state index in [0.29, 0.717) is 18.0 Å². The largest absolute Gasteiger partial charge is 0.467 e. The molecule has 0 radical (unpaired) electrons. The number of methoxy groups -OCH3 is 1. The molecule has 0 heterocycles. The van der Waals surface area contributed by atoms with E-state index in [1.165, 1.54) is 7.11 Å². The van der Waals surface area contributed by atoms with E-state index in [0.717, 1.165) is 11.3 Å². The van der Waals surface area contributed by atoms with Crippen LogP contribution in [0.3, 0.4) is 0 Å². The van der Waals surface area contributed by atoms with Crippen molar-refractivity contribution < 1.29 is 14.3 Å². The summed E-state index contributed by atoms with van der Waals surface area (Å²) in [6, 6.07) is 6.18. The van der Waals surface area contributed by atoms with Gasteiger partial charge in [0.25, 0.3) is 0 Å². The molecule has 5 nitrogen and oxygen atoms in total. The van der Waals surface area contributed by atoms with Gasteiger partial charge in [-0.25, -0.2) is 9.59 Å². The third-order valence-corrected chi connectivity index (χ3v) is 3.81. The highest BCUT2D eigenvalue weighted by Gasteiger charge is 2.20. The van der Waals surface area contributed by atoms with Gasteiger partial charge in [-0.05, 0) is 30.1 Å². The standard InChI is InChI=1S/C14H19ClN2O3S/c1-20-13(18)12(7-8-21-2)17-14(19)16-9-10-5-3-4-6-11(10)15/h3-6,12H,7-9H2,1-2H3,(H2,16,17,19). The van der Waals surface area contributed by atoms with E-state index in [2.05, 4.69) is 15.4 Å². The van der Waals surface area contributed by atoms with Crippen molar-refractivity contribution in [2.75, 3.05) is 19.1 Å². The average Bonchev–Trinajstić information content (AvgIpc) is 2.49. The maximum absolute atomic E-state index is 11.8. The molecule has 2 amide bonds. The van der Waals surface area contributed by atoms with Crippen molar-refractivity contribution in [3.63, 3.8) is 0 Å². The van der Waals surface area contributed by atoms with Crippen molar-refractivity contribution in [1.29, 1.82) is 0 Å². The van der Waals surface area contributed by atoms with Crippen LogP contribution >= 0.6 is 23.4 Å². The number of hydrogen-bond donors (Lipinski definition) is 2. The Bertz CT molecular complexity index is 485. The first-order valence-electron chi connectivity index (χ1n) is 6.43. The van der Waals surface area contributed by atoms with Gasteiger partial charge in [-0.1, -0.05) is 29.8 Å². The third-order valence-electron chi connectivity index (χ3n) is 2.80. The Hall–Kier alpha value is -1.40. The van der Waals surface area contributed by atoms with E-state index in [1.807, 2.05) is 24.5 Å². The summed E-state index contributed by atoms with van der Waals surface area (Å²) in [6.45, 7) is 0.294. The van der Waals surface area contributed by atoms with Crippen molar-refractivity contribution in [3.8, 4) is 0 Å². The highest BCUT2D eigenvalue weighted by atomic mass is 35.5. The number of urea groups is 1. The molecule has 116 valence electrons. The van der Waals surface area contributed by atoms with Gasteiger partial charge in [-0.3, -0.25) is 0 Å². The van der Waals surface area contributed by atoms with Gasteiger partial charge in [0.2, 0.25) is 0 Å². The number of carbonyl (C=O) groups excluding carboxylic acids is 2. The monoisotopic (exact) mass is 330 g/mol. The number of rotatable bonds is 7. The Kier molecular flexibility index (Phi) is 8.00. The van der Waals surface area contributed by atoms with Crippen LogP contribution in [0.5, 0.6) is 0 Å². The van der Waals surface area contributed by atoms with E-state index in [9.17, 15) is 9.59 Å². The summed E-state index contributed by atoms with van der Waals surface area (Å²) in [5, 5.41) is 5.88. The van der Waals surface area contributed by atoms with E-state index < -0.39 is 18.0 Å². The van der Waals surface area contributed by atoms with Gasteiger partial charge in [0.05, 0.1) is 7.11 Å². The summed E-state index contributed by atoms with van der Waals surface area (Å²) in [5.41, 5.74) is 0.813. The zero-order valence-corrected chi connectivity index (χ0v) is 13.6. The molecule has 0 spiro atoms. The molecule has 0 saturated carbocycles. The molecule has 0 saturated heterocycles. The van der Waals surface area contributed by atoms with Crippen LogP contribution in [0.4, 0.5) is 4.79 Å². The Morgan fingerprint density at radius 1 is 1.38 bits per heavy atom. The fourth-order valence-electron chi connectivity index (χ4n) is 1.65. The normalized spacial score (nSPS) is 11.6. The van der Waals surface area contributed by atoms with Gasteiger partial charge in [-0.15, -0.1) is 0 Å². The zero-order valence-electron chi connectivity index (χ0n) is 12.0. The van der Waals surface area contributed by atoms with Crippen LogP contribution in [0, 0.1) is 0 Å². The minimum atomic E-state index is -0.645. The second-order valence-electron chi connectivity index (χ2n) is 4.28. The number of halogens is 1. The van der Waals surface area contributed by atoms with E-state index in [-0.39, 0.29) is 0 Å². The molecule has 1 rings (SSSR count). The molecule has 0 aliphatic heterocycles. The summed E-state index contributed by atoms with van der Waals surface area (Å²) in [4.78, 5) is 23.4. The van der Waals surface area contributed by atoms with Crippen LogP contribution in [0.25, 0.3) is 0 Å². The highest BCUT2D eigenvalue weighted by Crippen LogP contribution is 2.14. The second kappa shape index (κ2) is 9.52. The number of hydrogen-bond acceptors (Lipinski definition) is 4. The fraction of sp³-hybridized carbons (Fsp3) is 0.429. The molecule has 0 fully saturated rings. The van der Waals surface area contributed by atoms with Crippen molar-refractivity contribution in [3.05, 3.63) is 34.9 Å². The molecule has 0 aromatic heterocycles. The molecule has 0 bridgehead atoms. The van der Waals surface area contributed by atoms with Crippen LogP contribution in [0.15, 0.2) is 24.3 Å². The van der Waals surface area contributed by atoms with E-state index in [4.69, 9.17) is 11.6 Å². The van der Waals surface area contributed by atoms with Crippen molar-refractivity contribution in [2.45, 2.75) is 19.0 Å². The number of benzene rings is 1. The fourth-order valence-corrected chi connectivity index (χ4v) is 2.33. The number of carbonyl (C=O) groups is 2. The summed E-state index contributed by atoms with van der Waals surface area (Å²) in [7, 11) is 1.30. The smallest absolute Gasteiger partial charge is 0.328 e. The van der Waals surface area contributed by atoms with E-state index >= 15 is 0 Å². The summed E-state index contributed by atoms with van der Waals surface area (Å²) >= 11 is 7.61. The topological polar surface area (TPSA) is 67.4 Å². The second-order valence-corrected chi connectivity index (χ2v) is 5.67. The maximum Gasteiger partial charge on any atom is 0.328 e. The van der Waals surface area contributed by atoms with Crippen molar-refractivity contribution in [1.82, 2.24) is 10.6 Å². The van der Waals surface area contributed by atoms with Crippen molar-refractivity contribution in [2.24, 2.45) is 0 Å².